The molecule has 0 unspecified atom stereocenters. The third-order valence-corrected chi connectivity index (χ3v) is 6.74. The van der Waals surface area contributed by atoms with Gasteiger partial charge in [-0.15, -0.1) is 0 Å². The van der Waals surface area contributed by atoms with Crippen LogP contribution in [0.15, 0.2) is 71.7 Å². The second-order valence-electron chi connectivity index (χ2n) is 8.95. The fourth-order valence-corrected chi connectivity index (χ4v) is 4.93. The number of para-hydroxylation sites is 1. The summed E-state index contributed by atoms with van der Waals surface area (Å²) >= 11 is 6.00. The highest BCUT2D eigenvalue weighted by Gasteiger charge is 2.22. The van der Waals surface area contributed by atoms with E-state index in [2.05, 4.69) is 32.3 Å². The first-order chi connectivity index (χ1) is 17.6. The van der Waals surface area contributed by atoms with E-state index in [1.54, 1.807) is 12.3 Å². The monoisotopic (exact) mass is 500 g/mol. The first-order valence-electron chi connectivity index (χ1n) is 12.0. The van der Waals surface area contributed by atoms with E-state index in [4.69, 9.17) is 21.1 Å². The lowest BCUT2D eigenvalue weighted by Gasteiger charge is -2.29. The van der Waals surface area contributed by atoms with Crippen LogP contribution < -0.4 is 20.5 Å². The van der Waals surface area contributed by atoms with Gasteiger partial charge in [-0.2, -0.15) is 0 Å². The van der Waals surface area contributed by atoms with Crippen LogP contribution in [0.3, 0.4) is 0 Å². The number of anilines is 2. The Kier molecular flexibility index (Phi) is 6.09. The topological polar surface area (TPSA) is 79.5 Å². The van der Waals surface area contributed by atoms with Crippen molar-refractivity contribution in [3.63, 3.8) is 0 Å². The summed E-state index contributed by atoms with van der Waals surface area (Å²) in [5.41, 5.74) is 6.65. The normalized spacial score (nSPS) is 14.5. The van der Waals surface area contributed by atoms with Gasteiger partial charge in [-0.1, -0.05) is 23.7 Å². The summed E-state index contributed by atoms with van der Waals surface area (Å²) in [5.74, 6) is 1.60. The average molecular weight is 501 g/mol. The van der Waals surface area contributed by atoms with Gasteiger partial charge in [0.05, 0.1) is 18.9 Å². The van der Waals surface area contributed by atoms with Crippen LogP contribution in [0.4, 0.5) is 11.4 Å². The Bertz CT molecular complexity index is 1480. The summed E-state index contributed by atoms with van der Waals surface area (Å²) in [7, 11) is 0. The van der Waals surface area contributed by atoms with Crippen LogP contribution in [0, 0.1) is 0 Å². The summed E-state index contributed by atoms with van der Waals surface area (Å²) < 4.78 is 11.9. The third-order valence-electron chi connectivity index (χ3n) is 6.53. The van der Waals surface area contributed by atoms with Crippen LogP contribution in [-0.2, 0) is 17.7 Å². The molecule has 0 bridgehead atoms. The van der Waals surface area contributed by atoms with Crippen LogP contribution in [0.5, 0.6) is 11.5 Å². The molecule has 4 aromatic rings. The van der Waals surface area contributed by atoms with Crippen molar-refractivity contribution >= 4 is 23.0 Å². The van der Waals surface area contributed by atoms with Crippen LogP contribution in [0.25, 0.3) is 11.3 Å². The number of halogens is 1. The molecule has 0 aliphatic carbocycles. The number of pyridine rings is 2. The maximum Gasteiger partial charge on any atom is 0.250 e. The molecule has 0 atom stereocenters. The highest BCUT2D eigenvalue weighted by Crippen LogP contribution is 2.43. The number of hydrogen-bond acceptors (Lipinski definition) is 6. The number of benzene rings is 2. The molecule has 2 aliphatic rings. The Labute approximate surface area is 213 Å². The third kappa shape index (κ3) is 4.67. The Morgan fingerprint density at radius 3 is 2.78 bits per heavy atom. The van der Waals surface area contributed by atoms with Crippen molar-refractivity contribution in [3.05, 3.63) is 99.1 Å². The lowest BCUT2D eigenvalue weighted by molar-refractivity contribution is 0.122. The minimum absolute atomic E-state index is 0.131. The standard InChI is InChI=1S/C28H25ClN4O3/c29-26-12-18(6-7-30-26)17-31-21-4-5-25-20(14-21)13-19-2-1-3-23(28(19)36-25)24-15-22(16-27(34)32-24)33-8-10-35-11-9-33/h1-7,12,14-16,31H,8-11,13,17H2,(H,32,34). The van der Waals surface area contributed by atoms with Gasteiger partial charge in [0.1, 0.15) is 16.7 Å². The zero-order valence-corrected chi connectivity index (χ0v) is 20.3. The van der Waals surface area contributed by atoms with Crippen LogP contribution in [-0.4, -0.2) is 36.3 Å². The molecule has 0 radical (unpaired) electrons. The molecule has 2 N–H and O–H groups in total. The molecule has 8 heteroatoms. The number of ether oxygens (including phenoxy) is 2. The molecule has 182 valence electrons. The molecule has 1 saturated heterocycles. The minimum Gasteiger partial charge on any atom is -0.456 e. The first-order valence-corrected chi connectivity index (χ1v) is 12.3. The molecule has 0 saturated carbocycles. The van der Waals surface area contributed by atoms with E-state index >= 15 is 0 Å². The zero-order chi connectivity index (χ0) is 24.5. The van der Waals surface area contributed by atoms with E-state index in [-0.39, 0.29) is 5.56 Å². The molecule has 36 heavy (non-hydrogen) atoms. The van der Waals surface area contributed by atoms with E-state index in [1.165, 1.54) is 0 Å². The van der Waals surface area contributed by atoms with Crippen LogP contribution in [0.2, 0.25) is 5.15 Å². The van der Waals surface area contributed by atoms with Crippen molar-refractivity contribution in [2.24, 2.45) is 0 Å². The van der Waals surface area contributed by atoms with E-state index in [0.29, 0.717) is 24.9 Å². The summed E-state index contributed by atoms with van der Waals surface area (Å²) in [6, 6.07) is 19.7. The van der Waals surface area contributed by atoms with Gasteiger partial charge in [-0.3, -0.25) is 4.79 Å². The predicted octanol–water partition coefficient (Wildman–Crippen LogP) is 5.24. The SMILES string of the molecule is O=c1cc(N2CCOCC2)cc(-c2cccc3c2Oc2ccc(NCc4ccnc(Cl)c4)cc2C3)[nH]1. The minimum atomic E-state index is -0.131. The van der Waals surface area contributed by atoms with E-state index in [9.17, 15) is 4.79 Å². The van der Waals surface area contributed by atoms with Gasteiger partial charge >= 0.3 is 0 Å². The molecular weight excluding hydrogens is 476 g/mol. The van der Waals surface area contributed by atoms with Gasteiger partial charge in [-0.05, 0) is 53.6 Å². The quantitative estimate of drug-likeness (QED) is 0.321. The molecule has 4 heterocycles. The number of nitrogens with zero attached hydrogens (tertiary/aromatic N) is 2. The van der Waals surface area contributed by atoms with Crippen LogP contribution in [0.1, 0.15) is 16.7 Å². The smallest absolute Gasteiger partial charge is 0.250 e. The lowest BCUT2D eigenvalue weighted by atomic mass is 9.96. The molecular formula is C28H25ClN4O3. The predicted molar refractivity (Wildman–Crippen MR) is 141 cm³/mol. The van der Waals surface area contributed by atoms with Crippen molar-refractivity contribution in [2.45, 2.75) is 13.0 Å². The lowest BCUT2D eigenvalue weighted by Crippen LogP contribution is -2.36. The Morgan fingerprint density at radius 1 is 1.03 bits per heavy atom. The van der Waals surface area contributed by atoms with Crippen molar-refractivity contribution in [1.29, 1.82) is 0 Å². The Morgan fingerprint density at radius 2 is 1.92 bits per heavy atom. The molecule has 0 spiro atoms. The number of nitrogens with one attached hydrogen (secondary N) is 2. The average Bonchev–Trinajstić information content (AvgIpc) is 2.90. The van der Waals surface area contributed by atoms with E-state index < -0.39 is 0 Å². The number of hydrogen-bond donors (Lipinski definition) is 2. The largest absolute Gasteiger partial charge is 0.456 e. The molecule has 2 aliphatic heterocycles. The summed E-state index contributed by atoms with van der Waals surface area (Å²) in [4.78, 5) is 21.8. The zero-order valence-electron chi connectivity index (χ0n) is 19.6. The Hall–Kier alpha value is -3.81. The second-order valence-corrected chi connectivity index (χ2v) is 9.34. The van der Waals surface area contributed by atoms with Gasteiger partial charge < -0.3 is 24.7 Å². The second kappa shape index (κ2) is 9.68. The molecule has 2 aromatic heterocycles. The fraction of sp³-hybridized carbons (Fsp3) is 0.214. The number of fused-ring (bicyclic) bond motifs is 2. The van der Waals surface area contributed by atoms with Gasteiger partial charge in [0, 0.05) is 60.8 Å². The van der Waals surface area contributed by atoms with Crippen molar-refractivity contribution < 1.29 is 9.47 Å². The Balaban J connectivity index is 1.26. The number of morpholine rings is 1. The molecule has 7 nitrogen and oxygen atoms in total. The van der Waals surface area contributed by atoms with Gasteiger partial charge in [-0.25, -0.2) is 4.98 Å². The van der Waals surface area contributed by atoms with E-state index in [1.807, 2.05) is 42.5 Å². The summed E-state index contributed by atoms with van der Waals surface area (Å²) in [6.45, 7) is 3.51. The van der Waals surface area contributed by atoms with Gasteiger partial charge in [0.2, 0.25) is 5.56 Å². The molecule has 0 amide bonds. The number of H-pyrrole nitrogens is 1. The summed E-state index contributed by atoms with van der Waals surface area (Å²) in [5, 5.41) is 3.93. The highest BCUT2D eigenvalue weighted by atomic mass is 35.5. The van der Waals surface area contributed by atoms with Crippen molar-refractivity contribution in [3.8, 4) is 22.8 Å². The van der Waals surface area contributed by atoms with Gasteiger partial charge in [0.25, 0.3) is 0 Å². The molecule has 1 fully saturated rings. The molecule has 6 rings (SSSR count). The maximum atomic E-state index is 12.5. The highest BCUT2D eigenvalue weighted by molar-refractivity contribution is 6.29. The van der Waals surface area contributed by atoms with Crippen molar-refractivity contribution in [2.75, 3.05) is 36.5 Å². The van der Waals surface area contributed by atoms with Gasteiger partial charge in [0.15, 0.2) is 0 Å². The maximum absolute atomic E-state index is 12.5. The van der Waals surface area contributed by atoms with Crippen molar-refractivity contribution in [1.82, 2.24) is 9.97 Å². The van der Waals surface area contributed by atoms with Crippen LogP contribution >= 0.6 is 11.6 Å². The van der Waals surface area contributed by atoms with E-state index in [0.717, 1.165) is 70.3 Å². The number of rotatable bonds is 5. The molecule has 2 aromatic carbocycles. The number of aromatic amines is 1. The number of aromatic nitrogens is 2. The summed E-state index contributed by atoms with van der Waals surface area (Å²) in [6.07, 6.45) is 2.45. The first kappa shape index (κ1) is 22.6. The fourth-order valence-electron chi connectivity index (χ4n) is 4.73.